The SMILES string of the molecule is Cc1nc2cc(N3CC[C@H](C(F)F)C3)nc(-c3ccc(Cl)cc3F)c2c(=O)n1C. The minimum atomic E-state index is -2.42. The molecule has 1 atom stereocenters. The highest BCUT2D eigenvalue weighted by Gasteiger charge is 2.31. The fourth-order valence-corrected chi connectivity index (χ4v) is 3.78. The van der Waals surface area contributed by atoms with Crippen molar-refractivity contribution in [3.63, 3.8) is 0 Å². The van der Waals surface area contributed by atoms with Gasteiger partial charge in [-0.3, -0.25) is 9.36 Å². The zero-order chi connectivity index (χ0) is 20.9. The Balaban J connectivity index is 1.97. The summed E-state index contributed by atoms with van der Waals surface area (Å²) in [4.78, 5) is 23.6. The van der Waals surface area contributed by atoms with Crippen LogP contribution in [0.5, 0.6) is 0 Å². The van der Waals surface area contributed by atoms with Crippen LogP contribution in [-0.2, 0) is 7.05 Å². The first-order valence-electron chi connectivity index (χ1n) is 9.13. The van der Waals surface area contributed by atoms with E-state index in [9.17, 15) is 18.0 Å². The number of hydrogen-bond acceptors (Lipinski definition) is 4. The standard InChI is InChI=1S/C20H18ClF3N4O/c1-10-25-15-8-16(28-6-5-11(9-28)19(23)24)26-18(17(15)20(29)27(10)2)13-4-3-12(21)7-14(13)22/h3-4,7-8,11,19H,5-6,9H2,1-2H3/t11-/m0/s1. The van der Waals surface area contributed by atoms with Crippen LogP contribution in [0.1, 0.15) is 12.2 Å². The predicted molar refractivity (Wildman–Crippen MR) is 106 cm³/mol. The van der Waals surface area contributed by atoms with E-state index in [1.165, 1.54) is 16.7 Å². The Kier molecular flexibility index (Phi) is 4.98. The number of rotatable bonds is 3. The number of aryl methyl sites for hydroxylation is 1. The van der Waals surface area contributed by atoms with Gasteiger partial charge in [-0.2, -0.15) is 0 Å². The second kappa shape index (κ2) is 7.33. The van der Waals surface area contributed by atoms with Crippen molar-refractivity contribution in [1.29, 1.82) is 0 Å². The molecule has 0 unspecified atom stereocenters. The molecule has 2 aromatic heterocycles. The first kappa shape index (κ1) is 19.7. The molecule has 0 saturated carbocycles. The van der Waals surface area contributed by atoms with Gasteiger partial charge >= 0.3 is 0 Å². The Labute approximate surface area is 169 Å². The van der Waals surface area contributed by atoms with E-state index in [0.717, 1.165) is 6.07 Å². The molecule has 3 heterocycles. The Hall–Kier alpha value is -2.61. The first-order valence-corrected chi connectivity index (χ1v) is 9.51. The maximum absolute atomic E-state index is 14.7. The second-order valence-corrected chi connectivity index (χ2v) is 7.64. The second-order valence-electron chi connectivity index (χ2n) is 7.20. The zero-order valence-corrected chi connectivity index (χ0v) is 16.6. The number of anilines is 1. The highest BCUT2D eigenvalue weighted by Crippen LogP contribution is 2.33. The summed E-state index contributed by atoms with van der Waals surface area (Å²) in [6.45, 7) is 2.23. The molecule has 0 bridgehead atoms. The first-order chi connectivity index (χ1) is 13.8. The molecule has 0 amide bonds. The summed E-state index contributed by atoms with van der Waals surface area (Å²) in [5.41, 5.74) is 0.220. The molecule has 1 fully saturated rings. The number of alkyl halides is 2. The van der Waals surface area contributed by atoms with Crippen molar-refractivity contribution in [2.45, 2.75) is 19.8 Å². The van der Waals surface area contributed by atoms with Crippen LogP contribution in [-0.4, -0.2) is 34.1 Å². The molecule has 9 heteroatoms. The molecule has 0 spiro atoms. The maximum Gasteiger partial charge on any atom is 0.263 e. The summed E-state index contributed by atoms with van der Waals surface area (Å²) < 4.78 is 42.3. The molecule has 29 heavy (non-hydrogen) atoms. The van der Waals surface area contributed by atoms with Crippen LogP contribution in [0.2, 0.25) is 5.02 Å². The largest absolute Gasteiger partial charge is 0.356 e. The summed E-state index contributed by atoms with van der Waals surface area (Å²) >= 11 is 5.86. The lowest BCUT2D eigenvalue weighted by molar-refractivity contribution is 0.0880. The summed E-state index contributed by atoms with van der Waals surface area (Å²) in [7, 11) is 1.58. The molecule has 4 rings (SSSR count). The Morgan fingerprint density at radius 2 is 2.00 bits per heavy atom. The molecule has 5 nitrogen and oxygen atoms in total. The number of nitrogens with zero attached hydrogens (tertiary/aromatic N) is 4. The van der Waals surface area contributed by atoms with E-state index >= 15 is 0 Å². The molecule has 1 saturated heterocycles. The number of benzene rings is 1. The minimum absolute atomic E-state index is 0.105. The summed E-state index contributed by atoms with van der Waals surface area (Å²) in [5.74, 6) is -0.501. The van der Waals surface area contributed by atoms with Crippen LogP contribution in [0.25, 0.3) is 22.2 Å². The molecule has 3 aromatic rings. The van der Waals surface area contributed by atoms with Gasteiger partial charge in [0.05, 0.1) is 16.6 Å². The van der Waals surface area contributed by atoms with Gasteiger partial charge in [-0.15, -0.1) is 0 Å². The highest BCUT2D eigenvalue weighted by atomic mass is 35.5. The van der Waals surface area contributed by atoms with Gasteiger partial charge in [-0.05, 0) is 31.5 Å². The summed E-state index contributed by atoms with van der Waals surface area (Å²) in [6, 6.07) is 5.71. The molecule has 1 aliphatic rings. The van der Waals surface area contributed by atoms with Crippen LogP contribution in [0.3, 0.4) is 0 Å². The molecule has 0 radical (unpaired) electrons. The van der Waals surface area contributed by atoms with Gasteiger partial charge < -0.3 is 4.90 Å². The van der Waals surface area contributed by atoms with Gasteiger partial charge in [0.25, 0.3) is 5.56 Å². The predicted octanol–water partition coefficient (Wildman–Crippen LogP) is 4.19. The molecule has 152 valence electrons. The average molecular weight is 423 g/mol. The monoisotopic (exact) mass is 422 g/mol. The van der Waals surface area contributed by atoms with Crippen LogP contribution >= 0.6 is 11.6 Å². The van der Waals surface area contributed by atoms with E-state index in [1.807, 2.05) is 0 Å². The van der Waals surface area contributed by atoms with Gasteiger partial charge in [0.15, 0.2) is 0 Å². The van der Waals surface area contributed by atoms with Crippen molar-refractivity contribution < 1.29 is 13.2 Å². The molecule has 0 N–H and O–H groups in total. The molecule has 0 aliphatic carbocycles. The third kappa shape index (κ3) is 3.46. The summed E-state index contributed by atoms with van der Waals surface area (Å²) in [6.07, 6.45) is -2.08. The fraction of sp³-hybridized carbons (Fsp3) is 0.350. The molecular weight excluding hydrogens is 405 g/mol. The van der Waals surface area contributed by atoms with Gasteiger partial charge in [-0.25, -0.2) is 23.1 Å². The van der Waals surface area contributed by atoms with Crippen molar-refractivity contribution in [2.24, 2.45) is 13.0 Å². The number of aromatic nitrogens is 3. The minimum Gasteiger partial charge on any atom is -0.356 e. The highest BCUT2D eigenvalue weighted by molar-refractivity contribution is 6.30. The van der Waals surface area contributed by atoms with E-state index in [0.29, 0.717) is 30.1 Å². The van der Waals surface area contributed by atoms with Gasteiger partial charge in [-0.1, -0.05) is 11.6 Å². The van der Waals surface area contributed by atoms with Gasteiger partial charge in [0.1, 0.15) is 17.5 Å². The van der Waals surface area contributed by atoms with E-state index in [4.69, 9.17) is 11.6 Å². The van der Waals surface area contributed by atoms with E-state index in [1.54, 1.807) is 24.9 Å². The van der Waals surface area contributed by atoms with E-state index in [2.05, 4.69) is 9.97 Å². The van der Waals surface area contributed by atoms with Crippen LogP contribution in [0, 0.1) is 18.7 Å². The quantitative estimate of drug-likeness (QED) is 0.635. The third-order valence-corrected chi connectivity index (χ3v) is 5.60. The van der Waals surface area contributed by atoms with Gasteiger partial charge in [0.2, 0.25) is 6.43 Å². The number of halogens is 4. The molecule has 1 aromatic carbocycles. The Bertz CT molecular complexity index is 1160. The lowest BCUT2D eigenvalue weighted by Crippen LogP contribution is -2.25. The zero-order valence-electron chi connectivity index (χ0n) is 15.8. The third-order valence-electron chi connectivity index (χ3n) is 5.36. The summed E-state index contributed by atoms with van der Waals surface area (Å²) in [5, 5.41) is 0.389. The Morgan fingerprint density at radius 3 is 2.66 bits per heavy atom. The normalized spacial score (nSPS) is 16.9. The van der Waals surface area contributed by atoms with Crippen molar-refractivity contribution in [1.82, 2.24) is 14.5 Å². The van der Waals surface area contributed by atoms with E-state index in [-0.39, 0.29) is 33.8 Å². The Morgan fingerprint density at radius 1 is 1.24 bits per heavy atom. The molecular formula is C20H18ClF3N4O. The van der Waals surface area contributed by atoms with Crippen molar-refractivity contribution in [2.75, 3.05) is 18.0 Å². The van der Waals surface area contributed by atoms with E-state index < -0.39 is 18.2 Å². The van der Waals surface area contributed by atoms with Crippen LogP contribution in [0.15, 0.2) is 29.1 Å². The lowest BCUT2D eigenvalue weighted by atomic mass is 10.1. The number of hydrogen-bond donors (Lipinski definition) is 0. The van der Waals surface area contributed by atoms with Crippen molar-refractivity contribution in [3.8, 4) is 11.3 Å². The lowest BCUT2D eigenvalue weighted by Gasteiger charge is -2.20. The average Bonchev–Trinajstić information content (AvgIpc) is 3.16. The maximum atomic E-state index is 14.7. The smallest absolute Gasteiger partial charge is 0.263 e. The van der Waals surface area contributed by atoms with Crippen molar-refractivity contribution in [3.05, 3.63) is 51.3 Å². The van der Waals surface area contributed by atoms with Crippen LogP contribution < -0.4 is 10.5 Å². The topological polar surface area (TPSA) is 51.0 Å². The fourth-order valence-electron chi connectivity index (χ4n) is 3.62. The van der Waals surface area contributed by atoms with Crippen LogP contribution in [0.4, 0.5) is 19.0 Å². The molecule has 1 aliphatic heterocycles. The number of pyridine rings is 1. The van der Waals surface area contributed by atoms with Gasteiger partial charge in [0, 0.05) is 42.7 Å². The van der Waals surface area contributed by atoms with Crippen molar-refractivity contribution >= 4 is 28.3 Å². The number of fused-ring (bicyclic) bond motifs is 1.